The summed E-state index contributed by atoms with van der Waals surface area (Å²) < 4.78 is 10.5. The largest absolute Gasteiger partial charge is 0.496 e. The lowest BCUT2D eigenvalue weighted by atomic mass is 10.1. The fourth-order valence-electron chi connectivity index (χ4n) is 3.38. The number of benzene rings is 1. The molecule has 0 unspecified atom stereocenters. The van der Waals surface area contributed by atoms with Gasteiger partial charge in [0, 0.05) is 49.4 Å². The molecule has 30 heavy (non-hydrogen) atoms. The van der Waals surface area contributed by atoms with Gasteiger partial charge in [-0.2, -0.15) is 4.98 Å². The van der Waals surface area contributed by atoms with Crippen LogP contribution in [0.5, 0.6) is 5.75 Å². The van der Waals surface area contributed by atoms with Gasteiger partial charge in [0.15, 0.2) is 0 Å². The molecule has 3 heterocycles. The van der Waals surface area contributed by atoms with E-state index in [-0.39, 0.29) is 5.91 Å². The van der Waals surface area contributed by atoms with Gasteiger partial charge in [-0.05, 0) is 30.3 Å². The molecule has 0 aliphatic carbocycles. The highest BCUT2D eigenvalue weighted by Crippen LogP contribution is 2.25. The number of carbonyl (C=O) groups excluding carboxylic acids is 1. The molecule has 0 radical (unpaired) electrons. The van der Waals surface area contributed by atoms with Gasteiger partial charge >= 0.3 is 0 Å². The Balaban J connectivity index is 1.41. The van der Waals surface area contributed by atoms with Gasteiger partial charge in [-0.25, -0.2) is 4.98 Å². The molecule has 2 aromatic heterocycles. The number of carbonyl (C=O) groups is 1. The van der Waals surface area contributed by atoms with Crippen LogP contribution in [0, 0.1) is 0 Å². The van der Waals surface area contributed by atoms with E-state index in [1.165, 1.54) is 0 Å². The summed E-state index contributed by atoms with van der Waals surface area (Å²) in [5.74, 6) is 2.44. The number of hydrogen-bond donors (Lipinski definition) is 0. The monoisotopic (exact) mass is 427 g/mol. The molecular weight excluding hydrogens is 406 g/mol. The van der Waals surface area contributed by atoms with E-state index < -0.39 is 0 Å². The van der Waals surface area contributed by atoms with E-state index in [1.54, 1.807) is 31.5 Å². The molecule has 1 fully saturated rings. The molecule has 1 aliphatic rings. The zero-order valence-electron chi connectivity index (χ0n) is 16.8. The lowest BCUT2D eigenvalue weighted by Gasteiger charge is -2.35. The lowest BCUT2D eigenvalue weighted by molar-refractivity contribution is 0.0743. The number of anilines is 1. The van der Waals surface area contributed by atoms with Gasteiger partial charge in [0.05, 0.1) is 12.7 Å². The average Bonchev–Trinajstić information content (AvgIpc) is 3.28. The van der Waals surface area contributed by atoms with Gasteiger partial charge in [0.1, 0.15) is 11.6 Å². The SMILES string of the molecule is CCc1nc(-c2ccc(N3CCN(C(=O)c4cc(Cl)ccc4OC)CC3)nc2)no1. The molecule has 3 aromatic rings. The maximum absolute atomic E-state index is 12.9. The highest BCUT2D eigenvalue weighted by atomic mass is 35.5. The average molecular weight is 428 g/mol. The van der Waals surface area contributed by atoms with Crippen molar-refractivity contribution in [2.75, 3.05) is 38.2 Å². The number of halogens is 1. The molecule has 4 rings (SSSR count). The molecule has 0 atom stereocenters. The van der Waals surface area contributed by atoms with E-state index in [2.05, 4.69) is 20.0 Å². The highest BCUT2D eigenvalue weighted by Gasteiger charge is 2.25. The van der Waals surface area contributed by atoms with Crippen LogP contribution in [0.3, 0.4) is 0 Å². The van der Waals surface area contributed by atoms with Gasteiger partial charge in [-0.15, -0.1) is 0 Å². The number of pyridine rings is 1. The molecule has 0 saturated carbocycles. The van der Waals surface area contributed by atoms with Crippen molar-refractivity contribution < 1.29 is 14.1 Å². The maximum atomic E-state index is 12.9. The zero-order chi connectivity index (χ0) is 21.1. The van der Waals surface area contributed by atoms with Crippen LogP contribution >= 0.6 is 11.6 Å². The van der Waals surface area contributed by atoms with Crippen LogP contribution in [-0.4, -0.2) is 59.2 Å². The summed E-state index contributed by atoms with van der Waals surface area (Å²) in [6, 6.07) is 8.94. The van der Waals surface area contributed by atoms with Crippen LogP contribution in [0.15, 0.2) is 41.1 Å². The molecule has 1 amide bonds. The molecule has 8 nitrogen and oxygen atoms in total. The number of piperazine rings is 1. The summed E-state index contributed by atoms with van der Waals surface area (Å²) in [4.78, 5) is 25.8. The number of ether oxygens (including phenoxy) is 1. The van der Waals surface area contributed by atoms with E-state index >= 15 is 0 Å². The number of aromatic nitrogens is 3. The predicted octanol–water partition coefficient (Wildman–Crippen LogP) is 3.32. The van der Waals surface area contributed by atoms with Crippen molar-refractivity contribution in [3.8, 4) is 17.1 Å². The minimum atomic E-state index is -0.0823. The van der Waals surface area contributed by atoms with Crippen molar-refractivity contribution in [3.63, 3.8) is 0 Å². The molecule has 0 spiro atoms. The van der Waals surface area contributed by atoms with Crippen LogP contribution < -0.4 is 9.64 Å². The normalized spacial score (nSPS) is 14.1. The Bertz CT molecular complexity index is 1030. The number of amides is 1. The number of rotatable bonds is 5. The standard InChI is InChI=1S/C21H22ClN5O3/c1-3-19-24-20(25-30-19)14-4-7-18(23-13-14)26-8-10-27(11-9-26)21(28)16-12-15(22)5-6-17(16)29-2/h4-7,12-13H,3,8-11H2,1-2H3. The van der Waals surface area contributed by atoms with Gasteiger partial charge in [0.25, 0.3) is 5.91 Å². The summed E-state index contributed by atoms with van der Waals surface area (Å²) in [5, 5.41) is 4.48. The van der Waals surface area contributed by atoms with Crippen molar-refractivity contribution in [2.45, 2.75) is 13.3 Å². The highest BCUT2D eigenvalue weighted by molar-refractivity contribution is 6.31. The van der Waals surface area contributed by atoms with Crippen molar-refractivity contribution in [1.82, 2.24) is 20.0 Å². The molecule has 1 saturated heterocycles. The first-order valence-electron chi connectivity index (χ1n) is 9.75. The van der Waals surface area contributed by atoms with E-state index in [0.29, 0.717) is 60.7 Å². The van der Waals surface area contributed by atoms with Crippen molar-refractivity contribution in [3.05, 3.63) is 53.0 Å². The number of aryl methyl sites for hydroxylation is 1. The molecule has 156 valence electrons. The van der Waals surface area contributed by atoms with Crippen molar-refractivity contribution >= 4 is 23.3 Å². The summed E-state index contributed by atoms with van der Waals surface area (Å²) in [6.45, 7) is 4.50. The predicted molar refractivity (Wildman–Crippen MR) is 113 cm³/mol. The Labute approximate surface area is 179 Å². The summed E-state index contributed by atoms with van der Waals surface area (Å²) in [7, 11) is 1.55. The molecule has 9 heteroatoms. The second-order valence-electron chi connectivity index (χ2n) is 6.89. The maximum Gasteiger partial charge on any atom is 0.257 e. The minimum absolute atomic E-state index is 0.0823. The minimum Gasteiger partial charge on any atom is -0.496 e. The Kier molecular flexibility index (Phi) is 5.85. The first-order valence-corrected chi connectivity index (χ1v) is 10.1. The Morgan fingerprint density at radius 3 is 2.63 bits per heavy atom. The van der Waals surface area contributed by atoms with Crippen LogP contribution in [0.1, 0.15) is 23.2 Å². The Hall–Kier alpha value is -3.13. The molecule has 0 N–H and O–H groups in total. The zero-order valence-corrected chi connectivity index (χ0v) is 17.6. The van der Waals surface area contributed by atoms with Crippen molar-refractivity contribution in [2.24, 2.45) is 0 Å². The quantitative estimate of drug-likeness (QED) is 0.617. The van der Waals surface area contributed by atoms with E-state index in [1.807, 2.05) is 24.0 Å². The van der Waals surface area contributed by atoms with E-state index in [9.17, 15) is 4.79 Å². The van der Waals surface area contributed by atoms with Crippen molar-refractivity contribution in [1.29, 1.82) is 0 Å². The molecule has 1 aromatic carbocycles. The Morgan fingerprint density at radius 1 is 1.20 bits per heavy atom. The second kappa shape index (κ2) is 8.71. The third-order valence-corrected chi connectivity index (χ3v) is 5.29. The van der Waals surface area contributed by atoms with E-state index in [4.69, 9.17) is 20.9 Å². The van der Waals surface area contributed by atoms with Crippen LogP contribution in [0.25, 0.3) is 11.4 Å². The fraction of sp³-hybridized carbons (Fsp3) is 0.333. The summed E-state index contributed by atoms with van der Waals surface area (Å²) >= 11 is 6.07. The van der Waals surface area contributed by atoms with Gasteiger partial charge < -0.3 is 19.1 Å². The topological polar surface area (TPSA) is 84.6 Å². The fourth-order valence-corrected chi connectivity index (χ4v) is 3.55. The first-order chi connectivity index (χ1) is 14.6. The van der Waals surface area contributed by atoms with Gasteiger partial charge in [-0.1, -0.05) is 23.7 Å². The first kappa shape index (κ1) is 20.2. The molecule has 0 bridgehead atoms. The third kappa shape index (κ3) is 4.09. The van der Waals surface area contributed by atoms with Crippen LogP contribution in [-0.2, 0) is 6.42 Å². The smallest absolute Gasteiger partial charge is 0.257 e. The van der Waals surface area contributed by atoms with Crippen LogP contribution in [0.2, 0.25) is 5.02 Å². The number of methoxy groups -OCH3 is 1. The van der Waals surface area contributed by atoms with Crippen LogP contribution in [0.4, 0.5) is 5.82 Å². The van der Waals surface area contributed by atoms with Gasteiger partial charge in [0.2, 0.25) is 11.7 Å². The number of nitrogens with zero attached hydrogens (tertiary/aromatic N) is 5. The summed E-state index contributed by atoms with van der Waals surface area (Å²) in [5.41, 5.74) is 1.29. The Morgan fingerprint density at radius 2 is 2.00 bits per heavy atom. The molecule has 1 aliphatic heterocycles. The second-order valence-corrected chi connectivity index (χ2v) is 7.33. The van der Waals surface area contributed by atoms with Gasteiger partial charge in [-0.3, -0.25) is 4.79 Å². The van der Waals surface area contributed by atoms with E-state index in [0.717, 1.165) is 11.4 Å². The number of hydrogen-bond acceptors (Lipinski definition) is 7. The lowest BCUT2D eigenvalue weighted by Crippen LogP contribution is -2.49. The third-order valence-electron chi connectivity index (χ3n) is 5.06. The molecular formula is C21H22ClN5O3. The summed E-state index contributed by atoms with van der Waals surface area (Å²) in [6.07, 6.45) is 2.44.